The summed E-state index contributed by atoms with van der Waals surface area (Å²) in [7, 11) is 0. The van der Waals surface area contributed by atoms with Gasteiger partial charge in [-0.25, -0.2) is 0 Å². The number of rotatable bonds is 3. The van der Waals surface area contributed by atoms with Gasteiger partial charge in [0.15, 0.2) is 0 Å². The van der Waals surface area contributed by atoms with Crippen LogP contribution in [0.15, 0.2) is 28.4 Å². The van der Waals surface area contributed by atoms with E-state index in [-0.39, 0.29) is 0 Å². The van der Waals surface area contributed by atoms with Crippen LogP contribution >= 0.6 is 0 Å². The van der Waals surface area contributed by atoms with Crippen LogP contribution in [0, 0.1) is 5.41 Å². The van der Waals surface area contributed by atoms with E-state index in [0.717, 1.165) is 0 Å². The molecule has 1 aliphatic carbocycles. The minimum atomic E-state index is 0.500. The van der Waals surface area contributed by atoms with Crippen LogP contribution in [-0.4, -0.2) is 6.72 Å². The number of hydrogen-bond donors (Lipinski definition) is 0. The Balaban J connectivity index is 2.81. The number of nitrogens with zero attached hydrogens (tertiary/aromatic N) is 1. The summed E-state index contributed by atoms with van der Waals surface area (Å²) in [6, 6.07) is 0. The molecule has 0 bridgehead atoms. The summed E-state index contributed by atoms with van der Waals surface area (Å²) in [5.74, 6) is 0. The van der Waals surface area contributed by atoms with Crippen molar-refractivity contribution in [2.75, 3.05) is 0 Å². The SMILES string of the molecule is C=N/C=C\C1=C(C)CCC(C)(CC)C1. The molecular weight excluding hydrogens is 170 g/mol. The van der Waals surface area contributed by atoms with Crippen molar-refractivity contribution in [3.63, 3.8) is 0 Å². The Morgan fingerprint density at radius 1 is 1.57 bits per heavy atom. The molecule has 1 atom stereocenters. The predicted octanol–water partition coefficient (Wildman–Crippen LogP) is 4.12. The largest absolute Gasteiger partial charge is 0.273 e. The van der Waals surface area contributed by atoms with Crippen molar-refractivity contribution in [3.05, 3.63) is 23.4 Å². The standard InChI is InChI=1S/C13H21N/c1-5-13(3)8-6-11(2)12(10-13)7-9-14-4/h7,9H,4-6,8,10H2,1-3H3/b9-7-. The molecule has 0 aromatic rings. The van der Waals surface area contributed by atoms with Crippen LogP contribution in [0.4, 0.5) is 0 Å². The lowest BCUT2D eigenvalue weighted by atomic mass is 9.71. The smallest absolute Gasteiger partial charge is 0.0263 e. The van der Waals surface area contributed by atoms with Gasteiger partial charge in [-0.05, 0) is 50.0 Å². The molecular formula is C13H21N. The molecule has 0 amide bonds. The van der Waals surface area contributed by atoms with Crippen molar-refractivity contribution in [1.82, 2.24) is 0 Å². The van der Waals surface area contributed by atoms with E-state index in [1.54, 1.807) is 6.20 Å². The number of hydrogen-bond acceptors (Lipinski definition) is 1. The van der Waals surface area contributed by atoms with E-state index in [1.807, 2.05) is 0 Å². The molecule has 14 heavy (non-hydrogen) atoms. The average molecular weight is 191 g/mol. The lowest BCUT2D eigenvalue weighted by Crippen LogP contribution is -2.20. The number of allylic oxidation sites excluding steroid dienone is 3. The molecule has 0 N–H and O–H groups in total. The lowest BCUT2D eigenvalue weighted by Gasteiger charge is -2.34. The molecule has 0 fully saturated rings. The van der Waals surface area contributed by atoms with E-state index in [9.17, 15) is 0 Å². The second kappa shape index (κ2) is 4.59. The van der Waals surface area contributed by atoms with E-state index in [2.05, 4.69) is 38.6 Å². The molecule has 1 rings (SSSR count). The molecule has 0 spiro atoms. The maximum absolute atomic E-state index is 3.77. The van der Waals surface area contributed by atoms with Crippen LogP contribution in [0.3, 0.4) is 0 Å². The van der Waals surface area contributed by atoms with Gasteiger partial charge >= 0.3 is 0 Å². The summed E-state index contributed by atoms with van der Waals surface area (Å²) < 4.78 is 0. The van der Waals surface area contributed by atoms with Crippen LogP contribution in [-0.2, 0) is 0 Å². The first kappa shape index (κ1) is 11.2. The highest BCUT2D eigenvalue weighted by atomic mass is 14.6. The van der Waals surface area contributed by atoms with Gasteiger partial charge < -0.3 is 0 Å². The van der Waals surface area contributed by atoms with Gasteiger partial charge in [0, 0.05) is 6.20 Å². The maximum Gasteiger partial charge on any atom is 0.0263 e. The first-order chi connectivity index (χ1) is 6.61. The van der Waals surface area contributed by atoms with Gasteiger partial charge in [-0.2, -0.15) is 0 Å². The molecule has 1 aliphatic rings. The van der Waals surface area contributed by atoms with Crippen LogP contribution in [0.2, 0.25) is 0 Å². The van der Waals surface area contributed by atoms with E-state index >= 15 is 0 Å². The van der Waals surface area contributed by atoms with Crippen molar-refractivity contribution in [2.45, 2.75) is 46.5 Å². The molecule has 1 nitrogen and oxygen atoms in total. The van der Waals surface area contributed by atoms with Gasteiger partial charge in [-0.3, -0.25) is 4.99 Å². The molecule has 0 aromatic heterocycles. The molecule has 0 radical (unpaired) electrons. The summed E-state index contributed by atoms with van der Waals surface area (Å²) in [4.78, 5) is 3.77. The molecule has 78 valence electrons. The summed E-state index contributed by atoms with van der Waals surface area (Å²) >= 11 is 0. The quantitative estimate of drug-likeness (QED) is 0.595. The highest BCUT2D eigenvalue weighted by Gasteiger charge is 2.27. The molecule has 0 saturated carbocycles. The first-order valence-corrected chi connectivity index (χ1v) is 5.42. The fourth-order valence-corrected chi connectivity index (χ4v) is 1.99. The molecule has 0 heterocycles. The van der Waals surface area contributed by atoms with Gasteiger partial charge in [0.1, 0.15) is 0 Å². The summed E-state index contributed by atoms with van der Waals surface area (Å²) in [6.45, 7) is 10.4. The monoisotopic (exact) mass is 191 g/mol. The van der Waals surface area contributed by atoms with E-state index in [4.69, 9.17) is 0 Å². The summed E-state index contributed by atoms with van der Waals surface area (Å²) in [5, 5.41) is 0. The fourth-order valence-electron chi connectivity index (χ4n) is 1.99. The van der Waals surface area contributed by atoms with Gasteiger partial charge in [0.05, 0.1) is 0 Å². The highest BCUT2D eigenvalue weighted by Crippen LogP contribution is 2.41. The zero-order valence-electron chi connectivity index (χ0n) is 9.64. The van der Waals surface area contributed by atoms with Crippen molar-refractivity contribution in [1.29, 1.82) is 0 Å². The van der Waals surface area contributed by atoms with Crippen molar-refractivity contribution in [3.8, 4) is 0 Å². The Morgan fingerprint density at radius 3 is 2.86 bits per heavy atom. The summed E-state index contributed by atoms with van der Waals surface area (Å²) in [5.41, 5.74) is 3.49. The molecule has 1 unspecified atom stereocenters. The van der Waals surface area contributed by atoms with Crippen molar-refractivity contribution >= 4 is 6.72 Å². The third kappa shape index (κ3) is 2.57. The maximum atomic E-state index is 3.77. The normalized spacial score (nSPS) is 28.5. The molecule has 0 aliphatic heterocycles. The third-order valence-electron chi connectivity index (χ3n) is 3.50. The predicted molar refractivity (Wildman–Crippen MR) is 63.6 cm³/mol. The Hall–Kier alpha value is -0.850. The van der Waals surface area contributed by atoms with Crippen LogP contribution < -0.4 is 0 Å². The average Bonchev–Trinajstić information content (AvgIpc) is 2.20. The van der Waals surface area contributed by atoms with Gasteiger partial charge in [0.25, 0.3) is 0 Å². The molecule has 1 heteroatoms. The second-order valence-electron chi connectivity index (χ2n) is 4.64. The fraction of sp³-hybridized carbons (Fsp3) is 0.615. The Kier molecular flexibility index (Phi) is 3.68. The topological polar surface area (TPSA) is 12.4 Å². The Bertz CT molecular complexity index is 273. The van der Waals surface area contributed by atoms with Gasteiger partial charge in [-0.15, -0.1) is 0 Å². The second-order valence-corrected chi connectivity index (χ2v) is 4.64. The van der Waals surface area contributed by atoms with Crippen LogP contribution in [0.1, 0.15) is 46.5 Å². The third-order valence-corrected chi connectivity index (χ3v) is 3.50. The van der Waals surface area contributed by atoms with E-state index in [0.29, 0.717) is 5.41 Å². The highest BCUT2D eigenvalue weighted by molar-refractivity contribution is 5.31. The van der Waals surface area contributed by atoms with E-state index in [1.165, 1.54) is 36.8 Å². The minimum Gasteiger partial charge on any atom is -0.273 e. The Morgan fingerprint density at radius 2 is 2.29 bits per heavy atom. The van der Waals surface area contributed by atoms with Crippen LogP contribution in [0.5, 0.6) is 0 Å². The molecule has 0 aromatic carbocycles. The first-order valence-electron chi connectivity index (χ1n) is 5.42. The van der Waals surface area contributed by atoms with Crippen molar-refractivity contribution < 1.29 is 0 Å². The number of aliphatic imine (C=N–C) groups is 1. The minimum absolute atomic E-state index is 0.500. The zero-order valence-corrected chi connectivity index (χ0v) is 9.64. The van der Waals surface area contributed by atoms with E-state index < -0.39 is 0 Å². The zero-order chi connectivity index (χ0) is 10.6. The van der Waals surface area contributed by atoms with Gasteiger partial charge in [0.2, 0.25) is 0 Å². The summed E-state index contributed by atoms with van der Waals surface area (Å²) in [6.07, 6.45) is 8.95. The Labute approximate surface area is 87.6 Å². The van der Waals surface area contributed by atoms with Gasteiger partial charge in [-0.1, -0.05) is 25.8 Å². The van der Waals surface area contributed by atoms with Crippen molar-refractivity contribution in [2.24, 2.45) is 10.4 Å². The molecule has 0 saturated heterocycles. The lowest BCUT2D eigenvalue weighted by molar-refractivity contribution is 0.269. The van der Waals surface area contributed by atoms with Crippen LogP contribution in [0.25, 0.3) is 0 Å².